The van der Waals surface area contributed by atoms with E-state index >= 15 is 0 Å². The molecule has 78 heavy (non-hydrogen) atoms. The maximum absolute atomic E-state index is 14.2. The lowest BCUT2D eigenvalue weighted by Gasteiger charge is -2.24. The predicted octanol–water partition coefficient (Wildman–Crippen LogP) is 5.07. The highest BCUT2D eigenvalue weighted by Crippen LogP contribution is 2.14. The molecule has 0 bridgehead atoms. The molecule has 0 spiro atoms. The van der Waals surface area contributed by atoms with Crippen molar-refractivity contribution in [1.29, 1.82) is 0 Å². The first-order valence-electron chi connectivity index (χ1n) is 25.2. The summed E-state index contributed by atoms with van der Waals surface area (Å²) in [4.78, 5) is 134. The van der Waals surface area contributed by atoms with E-state index in [0.717, 1.165) is 5.56 Å². The zero-order valence-corrected chi connectivity index (χ0v) is 42.7. The van der Waals surface area contributed by atoms with Gasteiger partial charge in [0.2, 0.25) is 29.5 Å². The Kier molecular flexibility index (Phi) is 41.8. The molecule has 1 saturated heterocycles. The Morgan fingerprint density at radius 1 is 0.487 bits per heavy atom. The van der Waals surface area contributed by atoms with Crippen LogP contribution in [0.25, 0.3) is 0 Å². The van der Waals surface area contributed by atoms with E-state index in [1.165, 1.54) is 0 Å². The number of Topliss-reactive ketones (excluding diaryl/α,β-unsaturated/α-hetero) is 2. The van der Waals surface area contributed by atoms with E-state index in [0.29, 0.717) is 82.6 Å². The van der Waals surface area contributed by atoms with Crippen LogP contribution in [-0.4, -0.2) is 156 Å². The molecule has 1 aliphatic heterocycles. The van der Waals surface area contributed by atoms with E-state index in [-0.39, 0.29) is 137 Å². The molecule has 3 rings (SSSR count). The van der Waals surface area contributed by atoms with Gasteiger partial charge in [-0.05, 0) is 62.5 Å². The van der Waals surface area contributed by atoms with Crippen molar-refractivity contribution in [1.82, 2.24) is 31.6 Å². The molecule has 0 aliphatic carbocycles. The topological polar surface area (TPSA) is 289 Å². The normalized spacial score (nSPS) is 12.6. The van der Waals surface area contributed by atoms with Crippen LogP contribution in [0.5, 0.6) is 0 Å². The molecule has 22 heteroatoms. The molecule has 22 nitrogen and oxygen atoms in total. The van der Waals surface area contributed by atoms with Gasteiger partial charge >= 0.3 is 6.16 Å². The summed E-state index contributed by atoms with van der Waals surface area (Å²) in [5.41, 5.74) is 1.47. The van der Waals surface area contributed by atoms with E-state index in [9.17, 15) is 47.9 Å². The third kappa shape index (κ3) is 32.2. The fourth-order valence-electron chi connectivity index (χ4n) is 7.31. The Morgan fingerprint density at radius 2 is 0.949 bits per heavy atom. The van der Waals surface area contributed by atoms with Gasteiger partial charge in [0.25, 0.3) is 11.8 Å². The number of nitrogens with one attached hydrogen (secondary N) is 5. The molecule has 3 atom stereocenters. The number of ether oxygens (including phenoxy) is 5. The minimum atomic E-state index is -1.33. The summed E-state index contributed by atoms with van der Waals surface area (Å²) >= 11 is 0. The minimum Gasteiger partial charge on any atom is -0.433 e. The average molecular weight is 1100 g/mol. The minimum absolute atomic E-state index is 0. The molecular weight excluding hydrogens is 1010 g/mol. The van der Waals surface area contributed by atoms with Crippen molar-refractivity contribution in [2.24, 2.45) is 0 Å². The van der Waals surface area contributed by atoms with E-state index in [1.807, 2.05) is 6.07 Å². The number of methoxy groups -OCH3 is 2. The number of carbonyl (C=O) groups is 10. The lowest BCUT2D eigenvalue weighted by atomic mass is 9.98. The maximum atomic E-state index is 14.2. The first-order valence-corrected chi connectivity index (χ1v) is 25.2. The molecule has 0 saturated carbocycles. The smallest absolute Gasteiger partial charge is 0.433 e. The van der Waals surface area contributed by atoms with E-state index in [4.69, 9.17) is 23.7 Å². The number of unbranched alkanes of at least 4 members (excludes halogenated alkanes) is 2. The number of carbonyl (C=O) groups excluding carboxylic acids is 10. The molecule has 5 N–H and O–H groups in total. The number of ketones is 2. The summed E-state index contributed by atoms with van der Waals surface area (Å²) in [5, 5.41) is 14.1. The molecule has 2 aromatic rings. The lowest BCUT2D eigenvalue weighted by Crippen LogP contribution is -2.52. The number of hydrogen-bond acceptors (Lipinski definition) is 16. The second kappa shape index (κ2) is 44.4. The van der Waals surface area contributed by atoms with E-state index in [1.54, 1.807) is 68.8 Å². The fourth-order valence-corrected chi connectivity index (χ4v) is 7.31. The predicted molar refractivity (Wildman–Crippen MR) is 293 cm³/mol. The average Bonchev–Trinajstić information content (AvgIpc) is 3.71. The first kappa shape index (κ1) is 73.5. The third-order valence-corrected chi connectivity index (χ3v) is 11.4. The summed E-state index contributed by atoms with van der Waals surface area (Å²) in [6.07, 6.45) is -0.375. The zero-order chi connectivity index (χ0) is 53.8. The highest BCUT2D eigenvalue weighted by Gasteiger charge is 2.34. The van der Waals surface area contributed by atoms with E-state index < -0.39 is 59.6 Å². The van der Waals surface area contributed by atoms with Crippen molar-refractivity contribution in [3.8, 4) is 0 Å². The monoisotopic (exact) mass is 1100 g/mol. The van der Waals surface area contributed by atoms with Crippen LogP contribution >= 0.6 is 0 Å². The van der Waals surface area contributed by atoms with Crippen molar-refractivity contribution in [3.05, 3.63) is 71.8 Å². The zero-order valence-electron chi connectivity index (χ0n) is 42.7. The second-order valence-electron chi connectivity index (χ2n) is 17.4. The molecule has 1 fully saturated rings. The number of imide groups is 1. The van der Waals surface area contributed by atoms with Gasteiger partial charge in [-0.3, -0.25) is 48.0 Å². The Morgan fingerprint density at radius 3 is 1.44 bits per heavy atom. The van der Waals surface area contributed by atoms with Gasteiger partial charge in [0.1, 0.15) is 6.04 Å². The first-order chi connectivity index (χ1) is 35.8. The van der Waals surface area contributed by atoms with Crippen LogP contribution in [-0.2, 0) is 84.5 Å². The molecule has 1 heterocycles. The standard InChI is InChI=1S/C52H74N6O16.4CH4/c1-69-32-34-71-29-12-27-53-45(61)23-20-43(59)41(36-38-14-6-3-7-15-38)56-48(64)22-19-40(55-47(63)18-10-5-11-31-73-52(68)74-58-49(65)25-26-50(58)66)51(67)57-42(37-39-16-8-4-9-17-39)44(60)21-24-46(62)54-28-13-30-72-35-33-70-2;;;;/h3-4,6-9,14-17,40-42H,5,10-13,18-37H2,1-2H3,(H,53,61)(H,54,62)(H,55,63)(H,56,64)(H,57,67);4*1H4. The van der Waals surface area contributed by atoms with Crippen molar-refractivity contribution < 1.29 is 76.5 Å². The van der Waals surface area contributed by atoms with Gasteiger partial charge in [0, 0.05) is 91.9 Å². The molecule has 2 aromatic carbocycles. The summed E-state index contributed by atoms with van der Waals surface area (Å²) in [5.74, 6) is -4.75. The SMILES string of the molecule is C.C.C.C.COCCOCCCNC(=O)CCC(=O)C(Cc1ccccc1)NC(=O)CCC(NC(=O)CCCCCOC(=O)ON1C(=O)CCC1=O)C(=O)NC(Cc1ccccc1)C(=O)CCC(=O)NCCCOCCOC. The Balaban J connectivity index is 0. The highest BCUT2D eigenvalue weighted by molar-refractivity contribution is 6.01. The molecule has 0 radical (unpaired) electrons. The molecular formula is C56H90N6O16. The fraction of sp³-hybridized carbons (Fsp3) is 0.607. The Bertz CT molecular complexity index is 2060. The lowest BCUT2D eigenvalue weighted by molar-refractivity contribution is -0.177. The highest BCUT2D eigenvalue weighted by atomic mass is 16.8. The van der Waals surface area contributed by atoms with Crippen LogP contribution in [0.3, 0.4) is 0 Å². The number of hydroxylamine groups is 2. The van der Waals surface area contributed by atoms with Gasteiger partial charge in [-0.2, -0.15) is 0 Å². The molecule has 1 aliphatic rings. The van der Waals surface area contributed by atoms with Crippen molar-refractivity contribution in [2.75, 3.05) is 73.6 Å². The van der Waals surface area contributed by atoms with Crippen LogP contribution in [0.15, 0.2) is 60.7 Å². The van der Waals surface area contributed by atoms with Crippen LogP contribution in [0.1, 0.15) is 131 Å². The summed E-state index contributed by atoms with van der Waals surface area (Å²) in [6.45, 7) is 3.15. The largest absolute Gasteiger partial charge is 0.533 e. The van der Waals surface area contributed by atoms with Gasteiger partial charge in [-0.25, -0.2) is 4.79 Å². The van der Waals surface area contributed by atoms with Gasteiger partial charge in [-0.1, -0.05) is 95.4 Å². The van der Waals surface area contributed by atoms with Gasteiger partial charge in [0.15, 0.2) is 11.6 Å². The quantitative estimate of drug-likeness (QED) is 0.0331. The molecule has 7 amide bonds. The van der Waals surface area contributed by atoms with Crippen LogP contribution < -0.4 is 26.6 Å². The van der Waals surface area contributed by atoms with Crippen LogP contribution in [0, 0.1) is 0 Å². The number of hydrogen-bond donors (Lipinski definition) is 5. The van der Waals surface area contributed by atoms with Gasteiger partial charge in [0.05, 0.1) is 45.1 Å². The Hall–Kier alpha value is -6.62. The van der Waals surface area contributed by atoms with Crippen molar-refractivity contribution in [3.63, 3.8) is 0 Å². The molecule has 440 valence electrons. The van der Waals surface area contributed by atoms with Crippen LogP contribution in [0.4, 0.5) is 4.79 Å². The maximum Gasteiger partial charge on any atom is 0.533 e. The number of amides is 7. The Labute approximate surface area is 461 Å². The van der Waals surface area contributed by atoms with Crippen LogP contribution in [0.2, 0.25) is 0 Å². The van der Waals surface area contributed by atoms with Crippen molar-refractivity contribution in [2.45, 2.75) is 151 Å². The summed E-state index contributed by atoms with van der Waals surface area (Å²) < 4.78 is 25.7. The third-order valence-electron chi connectivity index (χ3n) is 11.4. The molecule has 0 aromatic heterocycles. The van der Waals surface area contributed by atoms with Gasteiger partial charge < -0.3 is 50.3 Å². The number of benzene rings is 2. The summed E-state index contributed by atoms with van der Waals surface area (Å²) in [7, 11) is 3.14. The van der Waals surface area contributed by atoms with Gasteiger partial charge in [-0.15, -0.1) is 0 Å². The second-order valence-corrected chi connectivity index (χ2v) is 17.4. The molecule has 3 unspecified atom stereocenters. The number of nitrogens with zero attached hydrogens (tertiary/aromatic N) is 1. The summed E-state index contributed by atoms with van der Waals surface area (Å²) in [6, 6.07) is 14.4. The number of rotatable bonds is 40. The van der Waals surface area contributed by atoms with Crippen molar-refractivity contribution >= 4 is 59.1 Å². The van der Waals surface area contributed by atoms with E-state index in [2.05, 4.69) is 31.4 Å².